The molecule has 0 heterocycles. The van der Waals surface area contributed by atoms with Gasteiger partial charge in [0.15, 0.2) is 0 Å². The van der Waals surface area contributed by atoms with Crippen LogP contribution in [0, 0.1) is 12.3 Å². The molecular weight excluding hydrogens is 258 g/mol. The Hall–Kier alpha value is -1.31. The molecule has 2 aliphatic carbocycles. The Morgan fingerprint density at radius 1 is 1.24 bits per heavy atom. The fraction of sp³-hybridized carbons (Fsp3) is 0.632. The summed E-state index contributed by atoms with van der Waals surface area (Å²) in [5, 5.41) is 3.36. The van der Waals surface area contributed by atoms with E-state index in [1.165, 1.54) is 17.5 Å². The molecule has 2 aliphatic rings. The average molecular weight is 285 g/mol. The Morgan fingerprint density at radius 2 is 2.00 bits per heavy atom. The molecule has 0 spiro atoms. The van der Waals surface area contributed by atoms with E-state index in [1.54, 1.807) is 0 Å². The van der Waals surface area contributed by atoms with E-state index in [0.717, 1.165) is 32.1 Å². The van der Waals surface area contributed by atoms with Crippen molar-refractivity contribution in [1.29, 1.82) is 0 Å². The summed E-state index contributed by atoms with van der Waals surface area (Å²) in [5.41, 5.74) is 2.59. The van der Waals surface area contributed by atoms with E-state index >= 15 is 0 Å². The Labute approximate surface area is 128 Å². The predicted molar refractivity (Wildman–Crippen MR) is 86.3 cm³/mol. The zero-order valence-electron chi connectivity index (χ0n) is 13.5. The number of aryl methyl sites for hydroxylation is 1. The summed E-state index contributed by atoms with van der Waals surface area (Å²) in [6, 6.07) is 8.88. The first-order valence-electron chi connectivity index (χ1n) is 8.29. The summed E-state index contributed by atoms with van der Waals surface area (Å²) in [6.45, 7) is 6.71. The first-order valence-corrected chi connectivity index (χ1v) is 8.29. The first-order chi connectivity index (χ1) is 9.91. The predicted octanol–water partition coefficient (Wildman–Crippen LogP) is 4.11. The molecule has 2 fully saturated rings. The van der Waals surface area contributed by atoms with Crippen LogP contribution in [0.5, 0.6) is 0 Å². The summed E-state index contributed by atoms with van der Waals surface area (Å²) < 4.78 is 0. The Bertz CT molecular complexity index is 542. The Balaban J connectivity index is 1.76. The van der Waals surface area contributed by atoms with Crippen LogP contribution in [0.15, 0.2) is 24.3 Å². The van der Waals surface area contributed by atoms with Crippen LogP contribution in [0.2, 0.25) is 0 Å². The highest BCUT2D eigenvalue weighted by molar-refractivity contribution is 5.89. The van der Waals surface area contributed by atoms with Gasteiger partial charge < -0.3 is 5.32 Å². The molecule has 1 aromatic carbocycles. The lowest BCUT2D eigenvalue weighted by molar-refractivity contribution is -0.130. The molecular formula is C19H27NO. The van der Waals surface area contributed by atoms with Gasteiger partial charge in [-0.05, 0) is 50.0 Å². The van der Waals surface area contributed by atoms with Gasteiger partial charge in [-0.2, -0.15) is 0 Å². The van der Waals surface area contributed by atoms with E-state index in [4.69, 9.17) is 0 Å². The smallest absolute Gasteiger partial charge is 0.230 e. The molecule has 1 N–H and O–H groups in total. The lowest BCUT2D eigenvalue weighted by Gasteiger charge is -2.41. The zero-order chi connectivity index (χ0) is 15.1. The number of nitrogens with one attached hydrogen (secondary N) is 1. The molecule has 2 saturated carbocycles. The monoisotopic (exact) mass is 285 g/mol. The fourth-order valence-electron chi connectivity index (χ4n) is 4.00. The van der Waals surface area contributed by atoms with Crippen LogP contribution in [-0.2, 0) is 10.2 Å². The van der Waals surface area contributed by atoms with Gasteiger partial charge >= 0.3 is 0 Å². The summed E-state index contributed by atoms with van der Waals surface area (Å²) >= 11 is 0. The third-order valence-electron chi connectivity index (χ3n) is 5.52. The van der Waals surface area contributed by atoms with E-state index in [2.05, 4.69) is 50.4 Å². The van der Waals surface area contributed by atoms with Crippen LogP contribution in [-0.4, -0.2) is 11.9 Å². The second-order valence-corrected chi connectivity index (χ2v) is 7.88. The molecule has 1 unspecified atom stereocenters. The molecule has 1 aromatic rings. The topological polar surface area (TPSA) is 29.1 Å². The van der Waals surface area contributed by atoms with Crippen molar-refractivity contribution in [2.45, 2.75) is 70.8 Å². The quantitative estimate of drug-likeness (QED) is 0.889. The van der Waals surface area contributed by atoms with Gasteiger partial charge in [0.2, 0.25) is 5.91 Å². The average Bonchev–Trinajstić information content (AvgIpc) is 2.67. The van der Waals surface area contributed by atoms with Crippen molar-refractivity contribution >= 4 is 5.91 Å². The minimum Gasteiger partial charge on any atom is -0.353 e. The van der Waals surface area contributed by atoms with Gasteiger partial charge in [0.1, 0.15) is 0 Å². The van der Waals surface area contributed by atoms with E-state index < -0.39 is 0 Å². The van der Waals surface area contributed by atoms with Crippen molar-refractivity contribution in [3.8, 4) is 0 Å². The molecule has 1 atom stereocenters. The zero-order valence-corrected chi connectivity index (χ0v) is 13.5. The molecule has 0 radical (unpaired) electrons. The van der Waals surface area contributed by atoms with Gasteiger partial charge in [-0.1, -0.05) is 50.1 Å². The molecule has 0 aliphatic heterocycles. The molecule has 3 rings (SSSR count). The number of amides is 1. The molecule has 21 heavy (non-hydrogen) atoms. The third-order valence-corrected chi connectivity index (χ3v) is 5.52. The van der Waals surface area contributed by atoms with Gasteiger partial charge in [-0.3, -0.25) is 4.79 Å². The molecule has 0 bridgehead atoms. The van der Waals surface area contributed by atoms with E-state index in [9.17, 15) is 4.79 Å². The molecule has 0 saturated heterocycles. The highest BCUT2D eigenvalue weighted by atomic mass is 16.2. The third kappa shape index (κ3) is 2.73. The number of benzene rings is 1. The SMILES string of the molecule is Cc1cccc(C2(C(=O)NC3CCC(C)(C)C3)CCC2)c1. The minimum atomic E-state index is -0.251. The number of hydrogen-bond acceptors (Lipinski definition) is 1. The second-order valence-electron chi connectivity index (χ2n) is 7.88. The normalized spacial score (nSPS) is 26.1. The largest absolute Gasteiger partial charge is 0.353 e. The van der Waals surface area contributed by atoms with Crippen LogP contribution >= 0.6 is 0 Å². The maximum absolute atomic E-state index is 12.9. The van der Waals surface area contributed by atoms with Crippen LogP contribution in [0.25, 0.3) is 0 Å². The molecule has 0 aromatic heterocycles. The summed E-state index contributed by atoms with van der Waals surface area (Å²) in [7, 11) is 0. The minimum absolute atomic E-state index is 0.251. The summed E-state index contributed by atoms with van der Waals surface area (Å²) in [5.74, 6) is 0.266. The van der Waals surface area contributed by atoms with Crippen molar-refractivity contribution in [1.82, 2.24) is 5.32 Å². The lowest BCUT2D eigenvalue weighted by Crippen LogP contribution is -2.51. The Kier molecular flexibility index (Phi) is 3.59. The van der Waals surface area contributed by atoms with Gasteiger partial charge in [0.25, 0.3) is 0 Å². The van der Waals surface area contributed by atoms with E-state index in [0.29, 0.717) is 11.5 Å². The first kappa shape index (κ1) is 14.6. The van der Waals surface area contributed by atoms with Gasteiger partial charge in [-0.15, -0.1) is 0 Å². The highest BCUT2D eigenvalue weighted by Gasteiger charge is 2.46. The molecule has 2 heteroatoms. The van der Waals surface area contributed by atoms with Crippen LogP contribution in [0.3, 0.4) is 0 Å². The maximum Gasteiger partial charge on any atom is 0.230 e. The van der Waals surface area contributed by atoms with Crippen LogP contribution in [0.1, 0.15) is 63.5 Å². The maximum atomic E-state index is 12.9. The van der Waals surface area contributed by atoms with E-state index in [-0.39, 0.29) is 11.3 Å². The molecule has 1 amide bonds. The van der Waals surface area contributed by atoms with Crippen molar-refractivity contribution in [2.24, 2.45) is 5.41 Å². The van der Waals surface area contributed by atoms with Crippen molar-refractivity contribution in [2.75, 3.05) is 0 Å². The summed E-state index contributed by atoms with van der Waals surface area (Å²) in [6.07, 6.45) is 6.62. The van der Waals surface area contributed by atoms with Gasteiger partial charge in [0.05, 0.1) is 5.41 Å². The fourth-order valence-corrected chi connectivity index (χ4v) is 4.00. The van der Waals surface area contributed by atoms with E-state index in [1.807, 2.05) is 0 Å². The number of rotatable bonds is 3. The molecule has 2 nitrogen and oxygen atoms in total. The van der Waals surface area contributed by atoms with Gasteiger partial charge in [-0.25, -0.2) is 0 Å². The van der Waals surface area contributed by atoms with Crippen molar-refractivity contribution in [3.63, 3.8) is 0 Å². The van der Waals surface area contributed by atoms with Gasteiger partial charge in [0, 0.05) is 6.04 Å². The second kappa shape index (κ2) is 5.15. The van der Waals surface area contributed by atoms with Crippen molar-refractivity contribution in [3.05, 3.63) is 35.4 Å². The standard InChI is InChI=1S/C19H27NO/c1-14-6-4-7-15(12-14)19(9-5-10-19)17(21)20-16-8-11-18(2,3)13-16/h4,6-7,12,16H,5,8-11,13H2,1-3H3,(H,20,21). The van der Waals surface area contributed by atoms with Crippen LogP contribution < -0.4 is 5.32 Å². The number of carbonyl (C=O) groups excluding carboxylic acids is 1. The van der Waals surface area contributed by atoms with Crippen LogP contribution in [0.4, 0.5) is 0 Å². The highest BCUT2D eigenvalue weighted by Crippen LogP contribution is 2.45. The summed E-state index contributed by atoms with van der Waals surface area (Å²) in [4.78, 5) is 12.9. The van der Waals surface area contributed by atoms with Crippen molar-refractivity contribution < 1.29 is 4.79 Å². The number of hydrogen-bond donors (Lipinski definition) is 1. The lowest BCUT2D eigenvalue weighted by atomic mass is 9.63. The Morgan fingerprint density at radius 3 is 2.52 bits per heavy atom. The number of carbonyl (C=O) groups is 1. The molecule has 114 valence electrons.